The Bertz CT molecular complexity index is 1730. The molecule has 3 N–H and O–H groups in total. The minimum atomic E-state index is -0.920. The zero-order valence-electron chi connectivity index (χ0n) is 27.3. The van der Waals surface area contributed by atoms with Gasteiger partial charge in [-0.05, 0) is 89.3 Å². The standard InChI is InChI=1S/C38H41BrClFN4O4/c39-32-19-14-28(41)21-34(32)49-20-4-5-25-10-12-27(13-11-25)38-24-44(36(47)9-3-8-35(42)46)23-29(43-38)15-18-31(38)37(48)45(30-16-17-30)22-26-6-1-2-7-33(26)40/h1-2,6-7,10-14,18-19,21,29-30,43H,3-5,8-9,15-17,20,22-24H2,(H2,42,46). The minimum Gasteiger partial charge on any atom is -0.492 e. The van der Waals surface area contributed by atoms with Gasteiger partial charge in [-0.25, -0.2) is 4.39 Å². The van der Waals surface area contributed by atoms with Gasteiger partial charge in [-0.3, -0.25) is 19.7 Å². The fraction of sp³-hybridized carbons (Fsp3) is 0.395. The predicted octanol–water partition coefficient (Wildman–Crippen LogP) is 6.43. The fourth-order valence-electron chi connectivity index (χ4n) is 6.87. The van der Waals surface area contributed by atoms with Crippen molar-refractivity contribution >= 4 is 45.3 Å². The largest absolute Gasteiger partial charge is 0.492 e. The lowest BCUT2D eigenvalue weighted by atomic mass is 9.74. The molecule has 0 spiro atoms. The lowest BCUT2D eigenvalue weighted by molar-refractivity contribution is -0.136. The number of halogens is 3. The molecule has 2 unspecified atom stereocenters. The van der Waals surface area contributed by atoms with E-state index < -0.39 is 11.4 Å². The number of hydrogen-bond donors (Lipinski definition) is 2. The van der Waals surface area contributed by atoms with Crippen LogP contribution in [0, 0.1) is 5.82 Å². The first-order chi connectivity index (χ1) is 23.6. The Hall–Kier alpha value is -3.73. The average molecular weight is 752 g/mol. The number of carbonyl (C=O) groups is 3. The van der Waals surface area contributed by atoms with Crippen molar-refractivity contribution in [3.63, 3.8) is 0 Å². The van der Waals surface area contributed by atoms with Crippen molar-refractivity contribution in [1.82, 2.24) is 15.1 Å². The highest BCUT2D eigenvalue weighted by Crippen LogP contribution is 2.41. The van der Waals surface area contributed by atoms with Gasteiger partial charge in [0.05, 0.1) is 16.6 Å². The van der Waals surface area contributed by atoms with Crippen molar-refractivity contribution in [2.24, 2.45) is 5.73 Å². The second-order valence-corrected chi connectivity index (χ2v) is 14.4. The molecule has 2 heterocycles. The van der Waals surface area contributed by atoms with Crippen LogP contribution in [0.15, 0.2) is 82.9 Å². The summed E-state index contributed by atoms with van der Waals surface area (Å²) < 4.78 is 20.2. The molecule has 49 heavy (non-hydrogen) atoms. The van der Waals surface area contributed by atoms with E-state index in [1.54, 1.807) is 6.07 Å². The SMILES string of the molecule is NC(=O)CCCC(=O)N1CC2CC=C(C(=O)N(Cc3ccccc3Cl)C3CC3)C(c3ccc(CCCOc4cc(F)ccc4Br)cc3)(C1)N2. The van der Waals surface area contributed by atoms with Gasteiger partial charge in [-0.15, -0.1) is 0 Å². The molecule has 0 aromatic heterocycles. The molecule has 1 saturated heterocycles. The highest BCUT2D eigenvalue weighted by Gasteiger charge is 2.50. The maximum absolute atomic E-state index is 14.7. The smallest absolute Gasteiger partial charge is 0.252 e. The van der Waals surface area contributed by atoms with Gasteiger partial charge in [0.15, 0.2) is 0 Å². The molecular formula is C38H41BrClFN4O4. The summed E-state index contributed by atoms with van der Waals surface area (Å²) in [6, 6.07) is 20.3. The molecule has 1 saturated carbocycles. The van der Waals surface area contributed by atoms with Crippen molar-refractivity contribution in [1.29, 1.82) is 0 Å². The van der Waals surface area contributed by atoms with E-state index in [0.717, 1.165) is 42.4 Å². The molecule has 11 heteroatoms. The first kappa shape index (κ1) is 35.1. The third-order valence-electron chi connectivity index (χ3n) is 9.54. The highest BCUT2D eigenvalue weighted by molar-refractivity contribution is 9.10. The number of nitrogens with zero attached hydrogens (tertiary/aromatic N) is 2. The summed E-state index contributed by atoms with van der Waals surface area (Å²) in [6.07, 6.45) is 6.77. The molecule has 3 aromatic rings. The number of aryl methyl sites for hydroxylation is 1. The average Bonchev–Trinajstić information content (AvgIpc) is 3.93. The zero-order chi connectivity index (χ0) is 34.5. The maximum atomic E-state index is 14.7. The van der Waals surface area contributed by atoms with E-state index in [9.17, 15) is 18.8 Å². The number of piperazine rings is 1. The third kappa shape index (κ3) is 8.36. The number of ether oxygens (including phenoxy) is 1. The predicted molar refractivity (Wildman–Crippen MR) is 190 cm³/mol. The molecule has 2 fully saturated rings. The van der Waals surface area contributed by atoms with Gasteiger partial charge in [-0.2, -0.15) is 0 Å². The lowest BCUT2D eigenvalue weighted by Crippen LogP contribution is -2.67. The Morgan fingerprint density at radius 1 is 1.06 bits per heavy atom. The van der Waals surface area contributed by atoms with E-state index >= 15 is 0 Å². The molecule has 2 bridgehead atoms. The second kappa shape index (κ2) is 15.4. The summed E-state index contributed by atoms with van der Waals surface area (Å²) in [7, 11) is 0. The van der Waals surface area contributed by atoms with Crippen LogP contribution in [0.4, 0.5) is 4.39 Å². The number of fused-ring (bicyclic) bond motifs is 2. The maximum Gasteiger partial charge on any atom is 0.252 e. The van der Waals surface area contributed by atoms with Crippen LogP contribution < -0.4 is 15.8 Å². The van der Waals surface area contributed by atoms with E-state index in [-0.39, 0.29) is 49.1 Å². The summed E-state index contributed by atoms with van der Waals surface area (Å²) in [5, 5.41) is 4.42. The van der Waals surface area contributed by atoms with Crippen molar-refractivity contribution in [2.45, 2.75) is 75.5 Å². The van der Waals surface area contributed by atoms with E-state index in [0.29, 0.717) is 53.4 Å². The third-order valence-corrected chi connectivity index (χ3v) is 10.6. The summed E-state index contributed by atoms with van der Waals surface area (Å²) >= 11 is 9.95. The summed E-state index contributed by atoms with van der Waals surface area (Å²) in [5.74, 6) is -0.415. The molecule has 2 atom stereocenters. The molecule has 258 valence electrons. The monoisotopic (exact) mass is 750 g/mol. The van der Waals surface area contributed by atoms with Crippen molar-refractivity contribution < 1.29 is 23.5 Å². The second-order valence-electron chi connectivity index (χ2n) is 13.2. The Balaban J connectivity index is 1.24. The molecular weight excluding hydrogens is 711 g/mol. The molecule has 3 aromatic carbocycles. The normalized spacial score (nSPS) is 20.0. The lowest BCUT2D eigenvalue weighted by Gasteiger charge is -2.51. The van der Waals surface area contributed by atoms with Crippen LogP contribution in [-0.2, 0) is 32.9 Å². The molecule has 3 aliphatic rings. The zero-order valence-corrected chi connectivity index (χ0v) is 29.6. The van der Waals surface area contributed by atoms with Gasteiger partial charge in [-0.1, -0.05) is 60.1 Å². The Labute approximate surface area is 299 Å². The number of nitrogens with one attached hydrogen (secondary N) is 1. The number of primary amides is 1. The van der Waals surface area contributed by atoms with Crippen molar-refractivity contribution in [3.05, 3.63) is 110 Å². The van der Waals surface area contributed by atoms with E-state index in [1.165, 1.54) is 12.1 Å². The van der Waals surface area contributed by atoms with Gasteiger partial charge in [0.1, 0.15) is 11.6 Å². The fourth-order valence-corrected chi connectivity index (χ4v) is 7.43. The summed E-state index contributed by atoms with van der Waals surface area (Å²) in [6.45, 7) is 1.63. The molecule has 2 aliphatic heterocycles. The van der Waals surface area contributed by atoms with Gasteiger partial charge >= 0.3 is 0 Å². The van der Waals surface area contributed by atoms with Crippen LogP contribution in [0.25, 0.3) is 0 Å². The number of benzene rings is 3. The Kier molecular flexibility index (Phi) is 11.1. The first-order valence-corrected chi connectivity index (χ1v) is 18.1. The highest BCUT2D eigenvalue weighted by atomic mass is 79.9. The molecule has 0 radical (unpaired) electrons. The number of hydrogen-bond acceptors (Lipinski definition) is 5. The van der Waals surface area contributed by atoms with Gasteiger partial charge in [0.2, 0.25) is 11.8 Å². The van der Waals surface area contributed by atoms with Gasteiger partial charge in [0, 0.05) is 61.2 Å². The minimum absolute atomic E-state index is 0.0395. The van der Waals surface area contributed by atoms with E-state index in [4.69, 9.17) is 22.1 Å². The number of rotatable bonds is 14. The van der Waals surface area contributed by atoms with Crippen molar-refractivity contribution in [3.8, 4) is 5.75 Å². The van der Waals surface area contributed by atoms with Crippen LogP contribution >= 0.6 is 27.5 Å². The van der Waals surface area contributed by atoms with E-state index in [1.807, 2.05) is 46.2 Å². The Morgan fingerprint density at radius 2 is 1.84 bits per heavy atom. The molecule has 1 aliphatic carbocycles. The number of amides is 3. The first-order valence-electron chi connectivity index (χ1n) is 16.9. The van der Waals surface area contributed by atoms with Gasteiger partial charge < -0.3 is 20.3 Å². The molecule has 6 rings (SSSR count). The molecule has 8 nitrogen and oxygen atoms in total. The van der Waals surface area contributed by atoms with Gasteiger partial charge in [0.25, 0.3) is 5.91 Å². The number of nitrogens with two attached hydrogens (primary N) is 1. The molecule has 3 amide bonds. The van der Waals surface area contributed by atoms with Crippen LogP contribution in [0.2, 0.25) is 5.02 Å². The quantitative estimate of drug-likeness (QED) is 0.185. The van der Waals surface area contributed by atoms with Crippen LogP contribution in [0.1, 0.15) is 61.6 Å². The topological polar surface area (TPSA) is 105 Å². The Morgan fingerprint density at radius 3 is 2.57 bits per heavy atom. The van der Waals surface area contributed by atoms with Crippen LogP contribution in [-0.4, -0.2) is 59.3 Å². The van der Waals surface area contributed by atoms with Crippen LogP contribution in [0.3, 0.4) is 0 Å². The number of carbonyl (C=O) groups excluding carboxylic acids is 3. The summed E-state index contributed by atoms with van der Waals surface area (Å²) in [4.78, 5) is 43.3. The van der Waals surface area contributed by atoms with E-state index in [2.05, 4.69) is 39.5 Å². The summed E-state index contributed by atoms with van der Waals surface area (Å²) in [5.41, 5.74) is 7.96. The van der Waals surface area contributed by atoms with Crippen molar-refractivity contribution in [2.75, 3.05) is 19.7 Å². The van der Waals surface area contributed by atoms with Crippen LogP contribution in [0.5, 0.6) is 5.75 Å².